The number of oxime groups is 1. The Balaban J connectivity index is 1.18. The number of β-lactam (4-membered cyclic amide) rings is 1. The largest absolute Gasteiger partial charge is 0.477 e. The van der Waals surface area contributed by atoms with Crippen LogP contribution in [-0.4, -0.2) is 73.1 Å². The summed E-state index contributed by atoms with van der Waals surface area (Å²) in [5.41, 5.74) is 6.63. The summed E-state index contributed by atoms with van der Waals surface area (Å²) < 4.78 is 11.3. The van der Waals surface area contributed by atoms with E-state index in [0.717, 1.165) is 36.4 Å². The summed E-state index contributed by atoms with van der Waals surface area (Å²) in [7, 11) is 1.25. The molecule has 2 atom stereocenters. The van der Waals surface area contributed by atoms with Crippen LogP contribution in [0.4, 0.5) is 5.13 Å². The van der Waals surface area contributed by atoms with Crippen LogP contribution in [0.5, 0.6) is 0 Å². The van der Waals surface area contributed by atoms with E-state index < -0.39 is 29.2 Å². The molecule has 0 aliphatic carbocycles. The quantitative estimate of drug-likeness (QED) is 0.0357. The molecule has 1 fully saturated rings. The van der Waals surface area contributed by atoms with Gasteiger partial charge >= 0.3 is 11.9 Å². The Labute approximate surface area is 307 Å². The van der Waals surface area contributed by atoms with Crippen LogP contribution in [0.25, 0.3) is 0 Å². The van der Waals surface area contributed by atoms with Gasteiger partial charge in [0.05, 0.1) is 0 Å². The van der Waals surface area contributed by atoms with Gasteiger partial charge in [-0.15, -0.1) is 11.8 Å². The average Bonchev–Trinajstić information content (AvgIpc) is 3.56. The fourth-order valence-corrected chi connectivity index (χ4v) is 7.82. The Bertz CT molecular complexity index is 1550. The van der Waals surface area contributed by atoms with E-state index in [-0.39, 0.29) is 41.5 Å². The van der Waals surface area contributed by atoms with Crippen molar-refractivity contribution in [1.82, 2.24) is 19.6 Å². The molecule has 2 aromatic heterocycles. The first-order valence-corrected chi connectivity index (χ1v) is 19.6. The molecule has 2 aliphatic rings. The number of nitrogens with zero attached hydrogens (tertiary/aromatic N) is 5. The standard InChI is InChI=1S/C35H49N7O7S2/c1-3-4-5-6-7-8-9-10-11-12-13-14-15-16-26(43)49-22-24-17-19-41(20-18-24)21-25-23-50-33-28(32(45)42(33)29(25)34(46)47)37-31(44)27(39-48-2)30-38-35(36)51-40-30/h17-20,28,33H,3-16,21-23H2,1-2H3,(H3-,36,37,38,40,44,46,47)/p+1/t28?,33-/m0/s1. The molecule has 1 unspecified atom stereocenters. The number of hydrogen-bond acceptors (Lipinski definition) is 12. The summed E-state index contributed by atoms with van der Waals surface area (Å²) in [5.74, 6) is -2.46. The minimum Gasteiger partial charge on any atom is -0.477 e. The van der Waals surface area contributed by atoms with Crippen LogP contribution in [0.1, 0.15) is 108 Å². The van der Waals surface area contributed by atoms with Crippen molar-refractivity contribution < 1.29 is 38.4 Å². The highest BCUT2D eigenvalue weighted by atomic mass is 32.2. The molecule has 0 radical (unpaired) electrons. The molecule has 0 saturated carbocycles. The normalized spacial score (nSPS) is 17.2. The van der Waals surface area contributed by atoms with E-state index in [4.69, 9.17) is 15.3 Å². The van der Waals surface area contributed by atoms with E-state index >= 15 is 0 Å². The summed E-state index contributed by atoms with van der Waals surface area (Å²) in [6.45, 7) is 2.65. The SMILES string of the molecule is CCCCCCCCCCCCCCCC(=O)OCc1cc[n+](CC2=C(C(=O)O)N3C(=O)C(NC(=O)C(=NOC)c4nsc(N)n4)[C@@H]3SC2)cc1. The van der Waals surface area contributed by atoms with Crippen molar-refractivity contribution in [3.8, 4) is 0 Å². The van der Waals surface area contributed by atoms with Crippen LogP contribution in [0.15, 0.2) is 41.0 Å². The van der Waals surface area contributed by atoms with Crippen molar-refractivity contribution in [2.24, 2.45) is 5.16 Å². The number of pyridine rings is 1. The number of carbonyl (C=O) groups excluding carboxylic acids is 3. The number of fused-ring (bicyclic) bond motifs is 1. The number of rotatable bonds is 23. The first kappa shape index (κ1) is 39.7. The van der Waals surface area contributed by atoms with Crippen molar-refractivity contribution in [3.63, 3.8) is 0 Å². The number of nitrogens with one attached hydrogen (secondary N) is 1. The van der Waals surface area contributed by atoms with Gasteiger partial charge in [-0.1, -0.05) is 89.1 Å². The molecule has 2 aromatic rings. The zero-order chi connectivity index (χ0) is 36.6. The van der Waals surface area contributed by atoms with Crippen LogP contribution >= 0.6 is 23.3 Å². The number of unbranched alkanes of at least 4 members (excludes halogenated alkanes) is 12. The molecule has 4 N–H and O–H groups in total. The first-order chi connectivity index (χ1) is 24.7. The molecule has 278 valence electrons. The molecule has 4 heterocycles. The number of nitrogens with two attached hydrogens (primary N) is 1. The maximum atomic E-state index is 13.2. The van der Waals surface area contributed by atoms with Gasteiger partial charge < -0.3 is 25.7 Å². The van der Waals surface area contributed by atoms with Crippen molar-refractivity contribution in [2.75, 3.05) is 18.6 Å². The first-order valence-electron chi connectivity index (χ1n) is 17.8. The van der Waals surface area contributed by atoms with Gasteiger partial charge in [0, 0.05) is 47.0 Å². The number of carbonyl (C=O) groups is 4. The van der Waals surface area contributed by atoms with Crippen LogP contribution in [0, 0.1) is 0 Å². The zero-order valence-corrected chi connectivity index (χ0v) is 31.1. The van der Waals surface area contributed by atoms with Crippen molar-refractivity contribution in [3.05, 3.63) is 47.2 Å². The highest BCUT2D eigenvalue weighted by Gasteiger charge is 2.55. The lowest BCUT2D eigenvalue weighted by Crippen LogP contribution is -2.71. The second-order valence-corrected chi connectivity index (χ2v) is 14.6. The molecule has 2 amide bonds. The van der Waals surface area contributed by atoms with Crippen molar-refractivity contribution in [1.29, 1.82) is 0 Å². The third-order valence-corrected chi connectivity index (χ3v) is 10.7. The molecule has 16 heteroatoms. The van der Waals surface area contributed by atoms with Gasteiger partial charge in [0.15, 0.2) is 24.1 Å². The van der Waals surface area contributed by atoms with E-state index in [2.05, 4.69) is 26.8 Å². The monoisotopic (exact) mass is 744 g/mol. The predicted molar refractivity (Wildman–Crippen MR) is 194 cm³/mol. The van der Waals surface area contributed by atoms with Gasteiger partial charge in [0.25, 0.3) is 11.8 Å². The zero-order valence-electron chi connectivity index (χ0n) is 29.5. The maximum Gasteiger partial charge on any atom is 0.352 e. The number of carboxylic acids is 1. The van der Waals surface area contributed by atoms with Crippen molar-refractivity contribution >= 4 is 57.9 Å². The van der Waals surface area contributed by atoms with E-state index in [1.807, 2.05) is 16.7 Å². The number of nitrogen functional groups attached to an aromatic ring is 1. The van der Waals surface area contributed by atoms with Gasteiger partial charge in [-0.3, -0.25) is 19.3 Å². The van der Waals surface area contributed by atoms with E-state index in [9.17, 15) is 24.3 Å². The molecule has 0 aromatic carbocycles. The number of thioether (sulfide) groups is 1. The van der Waals surface area contributed by atoms with Gasteiger partial charge in [-0.05, 0) is 6.42 Å². The highest BCUT2D eigenvalue weighted by Crippen LogP contribution is 2.40. The predicted octanol–water partition coefficient (Wildman–Crippen LogP) is 4.72. The van der Waals surface area contributed by atoms with E-state index in [0.29, 0.717) is 17.7 Å². The Morgan fingerprint density at radius 1 is 1.04 bits per heavy atom. The highest BCUT2D eigenvalue weighted by molar-refractivity contribution is 8.00. The van der Waals surface area contributed by atoms with Gasteiger partial charge in [0.1, 0.15) is 30.8 Å². The molecular formula is C35H50N7O7S2+. The Morgan fingerprint density at radius 2 is 1.67 bits per heavy atom. The summed E-state index contributed by atoms with van der Waals surface area (Å²) in [5, 5.41) is 15.9. The minimum absolute atomic E-state index is 0.0450. The molecule has 51 heavy (non-hydrogen) atoms. The van der Waals surface area contributed by atoms with E-state index in [1.54, 1.807) is 12.4 Å². The second-order valence-electron chi connectivity index (χ2n) is 12.7. The van der Waals surface area contributed by atoms with Crippen LogP contribution in [0.2, 0.25) is 0 Å². The fourth-order valence-electron chi connectivity index (χ4n) is 6.05. The molecule has 0 bridgehead atoms. The fraction of sp³-hybridized carbons (Fsp3) is 0.600. The van der Waals surface area contributed by atoms with Crippen LogP contribution in [0.3, 0.4) is 0 Å². The Morgan fingerprint density at radius 3 is 2.24 bits per heavy atom. The Hall–Kier alpha value is -4.05. The summed E-state index contributed by atoms with van der Waals surface area (Å²) >= 11 is 2.23. The number of carboxylic acid groups (broad SMARTS) is 1. The van der Waals surface area contributed by atoms with Crippen LogP contribution in [-0.2, 0) is 41.9 Å². The lowest BCUT2D eigenvalue weighted by molar-refractivity contribution is -0.689. The van der Waals surface area contributed by atoms with Gasteiger partial charge in [0.2, 0.25) is 11.5 Å². The average molecular weight is 745 g/mol. The second kappa shape index (κ2) is 20.7. The summed E-state index contributed by atoms with van der Waals surface area (Å²) in [6, 6.07) is 2.67. The number of ether oxygens (including phenoxy) is 1. The number of esters is 1. The minimum atomic E-state index is -1.23. The van der Waals surface area contributed by atoms with Crippen LogP contribution < -0.4 is 15.6 Å². The Kier molecular flexibility index (Phi) is 16.1. The third kappa shape index (κ3) is 11.7. The van der Waals surface area contributed by atoms with Gasteiger partial charge in [-0.2, -0.15) is 9.36 Å². The molecule has 1 saturated heterocycles. The van der Waals surface area contributed by atoms with E-state index in [1.165, 1.54) is 88.0 Å². The number of hydrogen-bond donors (Lipinski definition) is 3. The smallest absolute Gasteiger partial charge is 0.352 e. The topological polar surface area (TPSA) is 190 Å². The van der Waals surface area contributed by atoms with Gasteiger partial charge in [-0.25, -0.2) is 9.36 Å². The number of anilines is 1. The summed E-state index contributed by atoms with van der Waals surface area (Å²) in [4.78, 5) is 60.6. The lowest BCUT2D eigenvalue weighted by Gasteiger charge is -2.49. The number of aromatic nitrogens is 3. The molecule has 2 aliphatic heterocycles. The number of amides is 2. The molecule has 0 spiro atoms. The van der Waals surface area contributed by atoms with Crippen molar-refractivity contribution in [2.45, 2.75) is 121 Å². The molecule has 4 rings (SSSR count). The summed E-state index contributed by atoms with van der Waals surface area (Å²) in [6.07, 6.45) is 20.3. The number of aliphatic carboxylic acids is 1. The maximum absolute atomic E-state index is 13.2. The third-order valence-electron chi connectivity index (χ3n) is 8.81. The lowest BCUT2D eigenvalue weighted by atomic mass is 10.0. The molecule has 14 nitrogen and oxygen atoms in total. The molecular weight excluding hydrogens is 695 g/mol.